The van der Waals surface area contributed by atoms with Crippen LogP contribution in [-0.4, -0.2) is 56.4 Å². The molecule has 2 fully saturated rings. The number of hydrogen-bond acceptors (Lipinski definition) is 7. The third-order valence-electron chi connectivity index (χ3n) is 6.18. The Kier molecular flexibility index (Phi) is 7.77. The van der Waals surface area contributed by atoms with E-state index in [1.54, 1.807) is 11.8 Å². The molecule has 0 aromatic carbocycles. The maximum absolute atomic E-state index is 13.0. The van der Waals surface area contributed by atoms with E-state index in [0.717, 1.165) is 74.0 Å². The molecule has 1 amide bonds. The first-order valence-electron chi connectivity index (χ1n) is 11.6. The normalized spacial score (nSPS) is 20.0. The van der Waals surface area contributed by atoms with Gasteiger partial charge in [-0.05, 0) is 55.9 Å². The molecule has 9 heteroatoms. The summed E-state index contributed by atoms with van der Waals surface area (Å²) in [5.41, 5.74) is 0.716. The molecule has 4 rings (SSSR count). The van der Waals surface area contributed by atoms with E-state index in [1.807, 2.05) is 12.1 Å². The molecule has 0 radical (unpaired) electrons. The number of nitrogens with one attached hydrogen (secondary N) is 2. The summed E-state index contributed by atoms with van der Waals surface area (Å²) in [5, 5.41) is 18.5. The van der Waals surface area contributed by atoms with E-state index in [2.05, 4.69) is 37.8 Å². The smallest absolute Gasteiger partial charge is 0.254 e. The second-order valence-corrected chi connectivity index (χ2v) is 9.75. The molecule has 1 saturated heterocycles. The summed E-state index contributed by atoms with van der Waals surface area (Å²) in [6.45, 7) is 4.07. The number of carbonyl (C=O) groups is 1. The van der Waals surface area contributed by atoms with Crippen LogP contribution in [0.15, 0.2) is 17.2 Å². The number of tetrazole rings is 1. The molecule has 2 N–H and O–H groups in total. The van der Waals surface area contributed by atoms with E-state index < -0.39 is 0 Å². The van der Waals surface area contributed by atoms with Gasteiger partial charge in [-0.25, -0.2) is 4.98 Å². The molecular weight excluding hydrogens is 410 g/mol. The van der Waals surface area contributed by atoms with Crippen LogP contribution in [0.5, 0.6) is 0 Å². The van der Waals surface area contributed by atoms with E-state index in [-0.39, 0.29) is 5.91 Å². The van der Waals surface area contributed by atoms with Gasteiger partial charge in [0.2, 0.25) is 0 Å². The molecule has 1 saturated carbocycles. The molecule has 0 bridgehead atoms. The van der Waals surface area contributed by atoms with Crippen LogP contribution >= 0.6 is 11.8 Å². The molecular formula is C22H33N7OS. The minimum Gasteiger partial charge on any atom is -0.356 e. The van der Waals surface area contributed by atoms with Gasteiger partial charge in [-0.15, -0.1) is 22.0 Å². The lowest BCUT2D eigenvalue weighted by atomic mass is 9.94. The quantitative estimate of drug-likeness (QED) is 0.601. The second-order valence-electron chi connectivity index (χ2n) is 8.67. The van der Waals surface area contributed by atoms with Crippen molar-refractivity contribution in [2.75, 3.05) is 23.7 Å². The molecule has 0 spiro atoms. The van der Waals surface area contributed by atoms with Crippen LogP contribution in [0.2, 0.25) is 0 Å². The highest BCUT2D eigenvalue weighted by molar-refractivity contribution is 7.99. The minimum absolute atomic E-state index is 0.0261. The van der Waals surface area contributed by atoms with Gasteiger partial charge in [-0.2, -0.15) is 5.21 Å². The Labute approximate surface area is 188 Å². The predicted molar refractivity (Wildman–Crippen MR) is 122 cm³/mol. The fourth-order valence-corrected chi connectivity index (χ4v) is 5.44. The molecule has 3 heterocycles. The van der Waals surface area contributed by atoms with Gasteiger partial charge in [0.05, 0.1) is 5.56 Å². The van der Waals surface area contributed by atoms with Gasteiger partial charge in [0, 0.05) is 25.6 Å². The number of pyridine rings is 1. The van der Waals surface area contributed by atoms with Gasteiger partial charge < -0.3 is 10.2 Å². The summed E-state index contributed by atoms with van der Waals surface area (Å²) in [4.78, 5) is 20.3. The van der Waals surface area contributed by atoms with Crippen molar-refractivity contribution in [3.05, 3.63) is 23.5 Å². The monoisotopic (exact) mass is 443 g/mol. The van der Waals surface area contributed by atoms with Gasteiger partial charge >= 0.3 is 0 Å². The molecule has 0 unspecified atom stereocenters. The predicted octanol–water partition coefficient (Wildman–Crippen LogP) is 3.62. The van der Waals surface area contributed by atoms with Crippen LogP contribution in [0.4, 0.5) is 5.82 Å². The molecule has 2 aromatic heterocycles. The molecule has 8 nitrogen and oxygen atoms in total. The standard InChI is InChI=1S/C22H33N7OS/c1-2-13-31-22-18(21(30)23-17-8-4-3-5-9-17)10-11-20(24-22)29-12-6-7-16(15-29)14-19-25-27-28-26-19/h10-11,16-17H,2-9,12-15H2,1H3,(H,23,30)(H,25,26,27,28)/t16-/m0/s1. The van der Waals surface area contributed by atoms with Crippen molar-refractivity contribution in [3.8, 4) is 0 Å². The van der Waals surface area contributed by atoms with Crippen molar-refractivity contribution >= 4 is 23.5 Å². The summed E-state index contributed by atoms with van der Waals surface area (Å²) in [6.07, 6.45) is 10.0. The van der Waals surface area contributed by atoms with Crippen LogP contribution in [0, 0.1) is 5.92 Å². The third kappa shape index (κ3) is 5.96. The van der Waals surface area contributed by atoms with Crippen molar-refractivity contribution in [3.63, 3.8) is 0 Å². The number of piperidine rings is 1. The lowest BCUT2D eigenvalue weighted by Crippen LogP contribution is -2.38. The van der Waals surface area contributed by atoms with Crippen molar-refractivity contribution in [2.24, 2.45) is 5.92 Å². The molecule has 2 aromatic rings. The highest BCUT2D eigenvalue weighted by atomic mass is 32.2. The van der Waals surface area contributed by atoms with E-state index >= 15 is 0 Å². The number of anilines is 1. The number of rotatable bonds is 8. The summed E-state index contributed by atoms with van der Waals surface area (Å²) in [7, 11) is 0. The number of amides is 1. The SMILES string of the molecule is CCCSc1nc(N2CCC[C@@H](Cc3nn[nH]n3)C2)ccc1C(=O)NC1CCCCC1. The highest BCUT2D eigenvalue weighted by Gasteiger charge is 2.25. The van der Waals surface area contributed by atoms with Crippen molar-refractivity contribution in [2.45, 2.75) is 75.8 Å². The van der Waals surface area contributed by atoms with Crippen LogP contribution in [0.1, 0.15) is 74.5 Å². The number of hydrogen-bond donors (Lipinski definition) is 2. The zero-order chi connectivity index (χ0) is 21.5. The number of nitrogens with zero attached hydrogens (tertiary/aromatic N) is 5. The van der Waals surface area contributed by atoms with E-state index in [4.69, 9.17) is 4.98 Å². The first-order chi connectivity index (χ1) is 15.2. The van der Waals surface area contributed by atoms with Crippen molar-refractivity contribution in [1.29, 1.82) is 0 Å². The highest BCUT2D eigenvalue weighted by Crippen LogP contribution is 2.29. The Morgan fingerprint density at radius 3 is 2.87 bits per heavy atom. The van der Waals surface area contributed by atoms with Gasteiger partial charge in [0.15, 0.2) is 5.82 Å². The van der Waals surface area contributed by atoms with Crippen molar-refractivity contribution in [1.82, 2.24) is 30.9 Å². The molecule has 2 aliphatic rings. The summed E-state index contributed by atoms with van der Waals surface area (Å²) < 4.78 is 0. The molecule has 168 valence electrons. The van der Waals surface area contributed by atoms with E-state index in [0.29, 0.717) is 17.5 Å². The van der Waals surface area contributed by atoms with Gasteiger partial charge in [0.25, 0.3) is 5.91 Å². The summed E-state index contributed by atoms with van der Waals surface area (Å²) >= 11 is 1.69. The van der Waals surface area contributed by atoms with E-state index in [1.165, 1.54) is 19.3 Å². The molecule has 31 heavy (non-hydrogen) atoms. The van der Waals surface area contributed by atoms with Gasteiger partial charge in [-0.1, -0.05) is 31.4 Å². The topological polar surface area (TPSA) is 99.7 Å². The number of H-pyrrole nitrogens is 1. The average Bonchev–Trinajstić information content (AvgIpc) is 3.31. The zero-order valence-electron chi connectivity index (χ0n) is 18.3. The number of thioether (sulfide) groups is 1. The van der Waals surface area contributed by atoms with Crippen molar-refractivity contribution < 1.29 is 4.79 Å². The Balaban J connectivity index is 1.46. The summed E-state index contributed by atoms with van der Waals surface area (Å²) in [5.74, 6) is 3.20. The molecule has 1 aliphatic carbocycles. The van der Waals surface area contributed by atoms with Gasteiger partial charge in [0.1, 0.15) is 10.8 Å². The minimum atomic E-state index is 0.0261. The lowest BCUT2D eigenvalue weighted by Gasteiger charge is -2.33. The van der Waals surface area contributed by atoms with E-state index in [9.17, 15) is 4.79 Å². The second kappa shape index (κ2) is 10.9. The average molecular weight is 444 g/mol. The maximum atomic E-state index is 13.0. The summed E-state index contributed by atoms with van der Waals surface area (Å²) in [6, 6.07) is 4.29. The lowest BCUT2D eigenvalue weighted by molar-refractivity contribution is 0.0924. The Hall–Kier alpha value is -2.16. The zero-order valence-corrected chi connectivity index (χ0v) is 19.2. The maximum Gasteiger partial charge on any atom is 0.254 e. The Morgan fingerprint density at radius 1 is 1.23 bits per heavy atom. The first-order valence-corrected chi connectivity index (χ1v) is 12.6. The largest absolute Gasteiger partial charge is 0.356 e. The third-order valence-corrected chi connectivity index (χ3v) is 7.37. The number of aromatic nitrogens is 5. The fourth-order valence-electron chi connectivity index (χ4n) is 4.57. The molecule has 1 aliphatic heterocycles. The van der Waals surface area contributed by atoms with Crippen LogP contribution in [0.25, 0.3) is 0 Å². The Morgan fingerprint density at radius 2 is 2.10 bits per heavy atom. The number of carbonyl (C=O) groups excluding carboxylic acids is 1. The fraction of sp³-hybridized carbons (Fsp3) is 0.682. The van der Waals surface area contributed by atoms with Gasteiger partial charge in [-0.3, -0.25) is 4.79 Å². The van der Waals surface area contributed by atoms with Crippen LogP contribution < -0.4 is 10.2 Å². The van der Waals surface area contributed by atoms with Crippen LogP contribution in [0.3, 0.4) is 0 Å². The Bertz CT molecular complexity index is 838. The van der Waals surface area contributed by atoms with Crippen LogP contribution in [-0.2, 0) is 6.42 Å². The molecule has 1 atom stereocenters. The number of aromatic amines is 1. The first kappa shape index (κ1) is 22.0.